The molecule has 0 radical (unpaired) electrons. The lowest BCUT2D eigenvalue weighted by Crippen LogP contribution is -2.52. The van der Waals surface area contributed by atoms with Crippen LogP contribution in [0.15, 0.2) is 35.7 Å². The minimum absolute atomic E-state index is 0. The van der Waals surface area contributed by atoms with E-state index in [9.17, 15) is 4.79 Å². The van der Waals surface area contributed by atoms with Gasteiger partial charge in [-0.1, -0.05) is 23.7 Å². The quantitative estimate of drug-likeness (QED) is 0.793. The summed E-state index contributed by atoms with van der Waals surface area (Å²) >= 11 is 7.91. The van der Waals surface area contributed by atoms with E-state index in [2.05, 4.69) is 39.1 Å². The molecule has 1 aromatic heterocycles. The van der Waals surface area contributed by atoms with Crippen LogP contribution >= 0.6 is 35.3 Å². The number of fused-ring (bicyclic) bond motifs is 1. The van der Waals surface area contributed by atoms with E-state index in [0.717, 1.165) is 37.6 Å². The van der Waals surface area contributed by atoms with Crippen LogP contribution < -0.4 is 10.6 Å². The largest absolute Gasteiger partial charge is 0.354 e. The summed E-state index contributed by atoms with van der Waals surface area (Å²) < 4.78 is 0. The number of amides is 1. The fourth-order valence-electron chi connectivity index (χ4n) is 3.49. The number of halogens is 2. The zero-order chi connectivity index (χ0) is 17.2. The van der Waals surface area contributed by atoms with E-state index in [1.54, 1.807) is 0 Å². The number of carbonyl (C=O) groups excluding carboxylic acids is 1. The predicted octanol–water partition coefficient (Wildman–Crippen LogP) is 3.26. The summed E-state index contributed by atoms with van der Waals surface area (Å²) in [5.74, 6) is 0.279. The first-order valence-corrected chi connectivity index (χ1v) is 9.99. The van der Waals surface area contributed by atoms with Gasteiger partial charge < -0.3 is 10.6 Å². The predicted molar refractivity (Wildman–Crippen MR) is 109 cm³/mol. The number of carbonyl (C=O) groups is 1. The molecule has 0 aliphatic carbocycles. The molecule has 2 aliphatic rings. The molecule has 140 valence electrons. The third-order valence-electron chi connectivity index (χ3n) is 5.15. The summed E-state index contributed by atoms with van der Waals surface area (Å²) in [5.41, 5.74) is 2.62. The first-order chi connectivity index (χ1) is 12.2. The number of nitrogens with zero attached hydrogens (tertiary/aromatic N) is 1. The summed E-state index contributed by atoms with van der Waals surface area (Å²) in [6.07, 6.45) is 1.08. The standard InChI is InChI=1S/C19H22ClN3OS.ClH/c20-16-3-1-13(2-4-16)17(11-22-19(24)15-9-21-10-15)23-7-5-18-14(12-23)6-8-25-18;/h1-4,6,8,15,17,21H,5,7,9-12H2,(H,22,24);1H. The van der Waals surface area contributed by atoms with Crippen LogP contribution in [0.1, 0.15) is 22.0 Å². The molecule has 0 saturated carbocycles. The van der Waals surface area contributed by atoms with Crippen LogP contribution in [0, 0.1) is 5.92 Å². The molecule has 1 unspecified atom stereocenters. The van der Waals surface area contributed by atoms with Gasteiger partial charge in [-0.15, -0.1) is 23.7 Å². The third-order valence-corrected chi connectivity index (χ3v) is 6.43. The molecular formula is C19H23Cl2N3OS. The summed E-state index contributed by atoms with van der Waals surface area (Å²) in [6, 6.07) is 10.4. The van der Waals surface area contributed by atoms with Crippen molar-refractivity contribution in [2.75, 3.05) is 26.2 Å². The highest BCUT2D eigenvalue weighted by atomic mass is 35.5. The van der Waals surface area contributed by atoms with Gasteiger partial charge in [-0.25, -0.2) is 0 Å². The monoisotopic (exact) mass is 411 g/mol. The van der Waals surface area contributed by atoms with Gasteiger partial charge in [0.2, 0.25) is 5.91 Å². The molecule has 3 heterocycles. The smallest absolute Gasteiger partial charge is 0.225 e. The molecule has 4 rings (SSSR count). The first kappa shape index (κ1) is 19.6. The van der Waals surface area contributed by atoms with Crippen molar-refractivity contribution in [2.45, 2.75) is 19.0 Å². The second-order valence-electron chi connectivity index (χ2n) is 6.76. The minimum atomic E-state index is 0. The highest BCUT2D eigenvalue weighted by Crippen LogP contribution is 2.30. The highest BCUT2D eigenvalue weighted by Gasteiger charge is 2.28. The van der Waals surface area contributed by atoms with Crippen LogP contribution in [-0.4, -0.2) is 37.0 Å². The number of nitrogens with one attached hydrogen (secondary N) is 2. The van der Waals surface area contributed by atoms with Crippen molar-refractivity contribution >= 4 is 41.3 Å². The van der Waals surface area contributed by atoms with Crippen molar-refractivity contribution in [1.29, 1.82) is 0 Å². The molecule has 7 heteroatoms. The van der Waals surface area contributed by atoms with E-state index in [-0.39, 0.29) is 30.3 Å². The van der Waals surface area contributed by atoms with E-state index in [1.165, 1.54) is 16.0 Å². The summed E-state index contributed by atoms with van der Waals surface area (Å²) in [6.45, 7) is 4.17. The fraction of sp³-hybridized carbons (Fsp3) is 0.421. The molecule has 0 spiro atoms. The maximum atomic E-state index is 12.3. The number of hydrogen-bond acceptors (Lipinski definition) is 4. The van der Waals surface area contributed by atoms with Gasteiger partial charge in [-0.2, -0.15) is 0 Å². The van der Waals surface area contributed by atoms with E-state index in [4.69, 9.17) is 11.6 Å². The van der Waals surface area contributed by atoms with Crippen LogP contribution in [0.3, 0.4) is 0 Å². The van der Waals surface area contributed by atoms with Gasteiger partial charge in [-0.3, -0.25) is 9.69 Å². The number of rotatable bonds is 5. The molecule has 26 heavy (non-hydrogen) atoms. The molecule has 2 N–H and O–H groups in total. The van der Waals surface area contributed by atoms with Gasteiger partial charge in [0.25, 0.3) is 0 Å². The highest BCUT2D eigenvalue weighted by molar-refractivity contribution is 7.10. The lowest BCUT2D eigenvalue weighted by Gasteiger charge is -2.36. The molecule has 1 saturated heterocycles. The van der Waals surface area contributed by atoms with Gasteiger partial charge in [0.05, 0.1) is 12.0 Å². The van der Waals surface area contributed by atoms with Gasteiger partial charge in [0.15, 0.2) is 0 Å². The average Bonchev–Trinajstić information content (AvgIpc) is 3.03. The Labute approximate surface area is 169 Å². The molecule has 0 bridgehead atoms. The fourth-order valence-corrected chi connectivity index (χ4v) is 4.51. The van der Waals surface area contributed by atoms with Crippen LogP contribution in [0.25, 0.3) is 0 Å². The van der Waals surface area contributed by atoms with E-state index in [0.29, 0.717) is 6.54 Å². The Morgan fingerprint density at radius 3 is 2.77 bits per heavy atom. The molecule has 1 atom stereocenters. The third kappa shape index (κ3) is 4.24. The Morgan fingerprint density at radius 1 is 1.31 bits per heavy atom. The van der Waals surface area contributed by atoms with Gasteiger partial charge >= 0.3 is 0 Å². The number of hydrogen-bond donors (Lipinski definition) is 2. The van der Waals surface area contributed by atoms with E-state index in [1.807, 2.05) is 23.5 Å². The Hall–Kier alpha value is -1.11. The number of benzene rings is 1. The van der Waals surface area contributed by atoms with Crippen LogP contribution in [0.4, 0.5) is 0 Å². The van der Waals surface area contributed by atoms with Gasteiger partial charge in [0, 0.05) is 42.6 Å². The summed E-state index contributed by atoms with van der Waals surface area (Å²) in [7, 11) is 0. The molecule has 1 fully saturated rings. The van der Waals surface area contributed by atoms with Gasteiger partial charge in [-0.05, 0) is 41.1 Å². The lowest BCUT2D eigenvalue weighted by molar-refractivity contribution is -0.126. The van der Waals surface area contributed by atoms with E-state index >= 15 is 0 Å². The molecule has 4 nitrogen and oxygen atoms in total. The van der Waals surface area contributed by atoms with Crippen molar-refractivity contribution < 1.29 is 4.79 Å². The molecule has 1 amide bonds. The number of thiophene rings is 1. The van der Waals surface area contributed by atoms with Crippen molar-refractivity contribution in [3.63, 3.8) is 0 Å². The lowest BCUT2D eigenvalue weighted by atomic mass is 9.99. The summed E-state index contributed by atoms with van der Waals surface area (Å²) in [5, 5.41) is 9.24. The van der Waals surface area contributed by atoms with Crippen molar-refractivity contribution in [2.24, 2.45) is 5.92 Å². The maximum absolute atomic E-state index is 12.3. The average molecular weight is 412 g/mol. The van der Waals surface area contributed by atoms with Crippen molar-refractivity contribution in [3.8, 4) is 0 Å². The molecular weight excluding hydrogens is 389 g/mol. The molecule has 1 aromatic carbocycles. The van der Waals surface area contributed by atoms with Crippen LogP contribution in [0.5, 0.6) is 0 Å². The molecule has 2 aliphatic heterocycles. The second kappa shape index (κ2) is 8.72. The Balaban J connectivity index is 0.00000196. The summed E-state index contributed by atoms with van der Waals surface area (Å²) in [4.78, 5) is 16.2. The zero-order valence-corrected chi connectivity index (χ0v) is 16.8. The van der Waals surface area contributed by atoms with E-state index < -0.39 is 0 Å². The Kier molecular flexibility index (Phi) is 6.59. The molecule has 2 aromatic rings. The Morgan fingerprint density at radius 2 is 2.08 bits per heavy atom. The minimum Gasteiger partial charge on any atom is -0.354 e. The zero-order valence-electron chi connectivity index (χ0n) is 14.4. The van der Waals surface area contributed by atoms with Crippen LogP contribution in [0.2, 0.25) is 5.02 Å². The SMILES string of the molecule is Cl.O=C(NCC(c1ccc(Cl)cc1)N1CCc2sccc2C1)C1CNC1. The maximum Gasteiger partial charge on any atom is 0.225 e. The Bertz CT molecular complexity index is 745. The van der Waals surface area contributed by atoms with Crippen molar-refractivity contribution in [3.05, 3.63) is 56.7 Å². The van der Waals surface area contributed by atoms with Crippen LogP contribution in [-0.2, 0) is 17.8 Å². The van der Waals surface area contributed by atoms with Gasteiger partial charge in [0.1, 0.15) is 0 Å². The first-order valence-electron chi connectivity index (χ1n) is 8.74. The second-order valence-corrected chi connectivity index (χ2v) is 8.19. The van der Waals surface area contributed by atoms with Crippen molar-refractivity contribution in [1.82, 2.24) is 15.5 Å². The topological polar surface area (TPSA) is 44.4 Å². The normalized spacial score (nSPS) is 18.3.